The van der Waals surface area contributed by atoms with Crippen LogP contribution in [0.4, 0.5) is 13.2 Å². The summed E-state index contributed by atoms with van der Waals surface area (Å²) in [4.78, 5) is 27.5. The van der Waals surface area contributed by atoms with Crippen LogP contribution in [-0.2, 0) is 19.6 Å². The molecule has 0 unspecified atom stereocenters. The summed E-state index contributed by atoms with van der Waals surface area (Å²) in [5.74, 6) is -1.50. The maximum atomic E-state index is 12.9. The number of nitrogens with zero attached hydrogens (tertiary/aromatic N) is 3. The molecular formula is C20H28F3N3O6S. The van der Waals surface area contributed by atoms with E-state index in [0.717, 1.165) is 0 Å². The van der Waals surface area contributed by atoms with Gasteiger partial charge >= 0.3 is 12.1 Å². The van der Waals surface area contributed by atoms with E-state index in [4.69, 9.17) is 9.15 Å². The van der Waals surface area contributed by atoms with E-state index < -0.39 is 34.6 Å². The van der Waals surface area contributed by atoms with Gasteiger partial charge in [0.2, 0.25) is 16.8 Å². The van der Waals surface area contributed by atoms with Crippen LogP contribution in [0.1, 0.15) is 36.7 Å². The molecular weight excluding hydrogens is 467 g/mol. The highest BCUT2D eigenvalue weighted by molar-refractivity contribution is 7.89. The molecule has 3 heterocycles. The first-order chi connectivity index (χ1) is 15.5. The predicted octanol–water partition coefficient (Wildman–Crippen LogP) is 1.95. The van der Waals surface area contributed by atoms with Crippen molar-refractivity contribution in [2.24, 2.45) is 5.92 Å². The number of sulfonamides is 1. The number of furan rings is 1. The smallest absolute Gasteiger partial charge is 0.401 e. The van der Waals surface area contributed by atoms with Crippen LogP contribution in [0.15, 0.2) is 21.6 Å². The van der Waals surface area contributed by atoms with Gasteiger partial charge in [-0.15, -0.1) is 0 Å². The van der Waals surface area contributed by atoms with Gasteiger partial charge < -0.3 is 14.1 Å². The molecule has 1 amide bonds. The number of alkyl halides is 3. The highest BCUT2D eigenvalue weighted by atomic mass is 32.2. The van der Waals surface area contributed by atoms with Crippen molar-refractivity contribution in [3.8, 4) is 0 Å². The second-order valence-electron chi connectivity index (χ2n) is 8.09. The maximum absolute atomic E-state index is 12.9. The zero-order valence-electron chi connectivity index (χ0n) is 18.3. The number of carbonyl (C=O) groups is 2. The van der Waals surface area contributed by atoms with E-state index in [9.17, 15) is 31.2 Å². The number of esters is 1. The third-order valence-corrected chi connectivity index (χ3v) is 7.53. The molecule has 1 aromatic rings. The van der Waals surface area contributed by atoms with E-state index in [1.165, 1.54) is 21.3 Å². The Balaban J connectivity index is 1.55. The summed E-state index contributed by atoms with van der Waals surface area (Å²) in [6.07, 6.45) is -3.22. The summed E-state index contributed by atoms with van der Waals surface area (Å²) in [7, 11) is -3.97. The van der Waals surface area contributed by atoms with Crippen molar-refractivity contribution in [1.29, 1.82) is 0 Å². The van der Waals surface area contributed by atoms with Crippen molar-refractivity contribution in [3.63, 3.8) is 0 Å². The lowest BCUT2D eigenvalue weighted by Gasteiger charge is -2.33. The van der Waals surface area contributed by atoms with Gasteiger partial charge in [0.25, 0.3) is 10.0 Å². The number of hydrogen-bond donors (Lipinski definition) is 0. The van der Waals surface area contributed by atoms with Gasteiger partial charge in [0.1, 0.15) is 0 Å². The van der Waals surface area contributed by atoms with E-state index in [2.05, 4.69) is 0 Å². The maximum Gasteiger partial charge on any atom is 0.401 e. The van der Waals surface area contributed by atoms with Gasteiger partial charge in [0.15, 0.2) is 0 Å². The van der Waals surface area contributed by atoms with Crippen LogP contribution >= 0.6 is 0 Å². The molecule has 0 atom stereocenters. The molecule has 0 saturated carbocycles. The minimum Gasteiger partial charge on any atom is -0.460 e. The molecule has 13 heteroatoms. The summed E-state index contributed by atoms with van der Waals surface area (Å²) >= 11 is 0. The lowest BCUT2D eigenvalue weighted by molar-refractivity contribution is -0.145. The lowest BCUT2D eigenvalue weighted by atomic mass is 9.96. The number of rotatable bonds is 6. The van der Waals surface area contributed by atoms with Crippen LogP contribution < -0.4 is 0 Å². The fourth-order valence-electron chi connectivity index (χ4n) is 4.10. The Labute approximate surface area is 190 Å². The third kappa shape index (κ3) is 6.48. The van der Waals surface area contributed by atoms with Crippen molar-refractivity contribution < 1.29 is 40.3 Å². The third-order valence-electron chi connectivity index (χ3n) is 5.76. The number of piperidine rings is 1. The average Bonchev–Trinajstić information content (AvgIpc) is 3.16. The van der Waals surface area contributed by atoms with Crippen molar-refractivity contribution in [1.82, 2.24) is 14.1 Å². The molecule has 1 aromatic heterocycles. The van der Waals surface area contributed by atoms with E-state index in [1.807, 2.05) is 0 Å². The minimum absolute atomic E-state index is 0.0994. The first kappa shape index (κ1) is 25.5. The number of ether oxygens (including phenoxy) is 1. The van der Waals surface area contributed by atoms with E-state index >= 15 is 0 Å². The first-order valence-corrected chi connectivity index (χ1v) is 12.3. The molecule has 0 N–H and O–H groups in total. The fourth-order valence-corrected chi connectivity index (χ4v) is 5.48. The van der Waals surface area contributed by atoms with Crippen molar-refractivity contribution in [2.45, 2.75) is 37.5 Å². The molecule has 0 radical (unpaired) electrons. The number of amides is 1. The van der Waals surface area contributed by atoms with Gasteiger partial charge in [-0.3, -0.25) is 9.69 Å². The van der Waals surface area contributed by atoms with Gasteiger partial charge in [-0.05, 0) is 38.3 Å². The molecule has 186 valence electrons. The van der Waals surface area contributed by atoms with Gasteiger partial charge in [0.05, 0.1) is 13.2 Å². The Morgan fingerprint density at radius 2 is 1.79 bits per heavy atom. The molecule has 3 rings (SSSR count). The molecule has 0 aliphatic carbocycles. The molecule has 2 aliphatic rings. The molecule has 0 bridgehead atoms. The monoisotopic (exact) mass is 495 g/mol. The Bertz CT molecular complexity index is 941. The number of carbonyl (C=O) groups excluding carboxylic acids is 2. The molecule has 9 nitrogen and oxygen atoms in total. The van der Waals surface area contributed by atoms with E-state index in [-0.39, 0.29) is 56.1 Å². The predicted molar refractivity (Wildman–Crippen MR) is 110 cm³/mol. The summed E-state index contributed by atoms with van der Waals surface area (Å²) in [5.41, 5.74) is 0. The summed E-state index contributed by atoms with van der Waals surface area (Å²) in [5, 5.41) is -0.368. The van der Waals surface area contributed by atoms with Gasteiger partial charge in [-0.2, -0.15) is 17.5 Å². The average molecular weight is 496 g/mol. The molecule has 2 fully saturated rings. The van der Waals surface area contributed by atoms with Gasteiger partial charge in [-0.1, -0.05) is 0 Å². The number of hydrogen-bond acceptors (Lipinski definition) is 7. The van der Waals surface area contributed by atoms with Crippen LogP contribution in [0.5, 0.6) is 0 Å². The fraction of sp³-hybridized carbons (Fsp3) is 0.700. The van der Waals surface area contributed by atoms with Crippen LogP contribution in [-0.4, -0.2) is 93.0 Å². The Morgan fingerprint density at radius 1 is 1.09 bits per heavy atom. The van der Waals surface area contributed by atoms with Crippen LogP contribution in [0.25, 0.3) is 0 Å². The van der Waals surface area contributed by atoms with E-state index in [1.54, 1.807) is 11.8 Å². The zero-order valence-corrected chi connectivity index (χ0v) is 19.2. The second-order valence-corrected chi connectivity index (χ2v) is 9.96. The summed E-state index contributed by atoms with van der Waals surface area (Å²) in [6, 6.07) is 2.44. The Hall–Kier alpha value is -2.12. The molecule has 0 aromatic carbocycles. The highest BCUT2D eigenvalue weighted by Gasteiger charge is 2.37. The van der Waals surface area contributed by atoms with Gasteiger partial charge in [0, 0.05) is 45.2 Å². The normalized spacial score (nSPS) is 19.9. The standard InChI is InChI=1S/C20H28F3N3O6S/c1-2-31-19(28)16-4-5-17(32-16)33(29,30)26-10-6-15(7-11-26)18(27)25-9-3-8-24(12-13-25)14-20(21,22)23/h4-5,15H,2-3,6-14H2,1H3. The van der Waals surface area contributed by atoms with Crippen LogP contribution in [0.3, 0.4) is 0 Å². The van der Waals surface area contributed by atoms with Gasteiger partial charge in [-0.25, -0.2) is 13.2 Å². The van der Waals surface area contributed by atoms with Crippen molar-refractivity contribution in [3.05, 3.63) is 17.9 Å². The molecule has 33 heavy (non-hydrogen) atoms. The second kappa shape index (κ2) is 10.4. The first-order valence-electron chi connectivity index (χ1n) is 10.9. The van der Waals surface area contributed by atoms with Crippen molar-refractivity contribution in [2.75, 3.05) is 52.4 Å². The minimum atomic E-state index is -4.28. The quantitative estimate of drug-likeness (QED) is 0.556. The molecule has 0 spiro atoms. The SMILES string of the molecule is CCOC(=O)c1ccc(S(=O)(=O)N2CCC(C(=O)N3CCCN(CC(F)(F)F)CC3)CC2)o1. The summed E-state index contributed by atoms with van der Waals surface area (Å²) in [6.45, 7) is 1.98. The largest absolute Gasteiger partial charge is 0.460 e. The van der Waals surface area contributed by atoms with Crippen LogP contribution in [0.2, 0.25) is 0 Å². The zero-order chi connectivity index (χ0) is 24.2. The molecule has 2 saturated heterocycles. The topological polar surface area (TPSA) is 100 Å². The summed E-state index contributed by atoms with van der Waals surface area (Å²) < 4.78 is 74.8. The van der Waals surface area contributed by atoms with Crippen molar-refractivity contribution >= 4 is 21.9 Å². The lowest BCUT2D eigenvalue weighted by Crippen LogP contribution is -2.45. The van der Waals surface area contributed by atoms with E-state index in [0.29, 0.717) is 25.8 Å². The highest BCUT2D eigenvalue weighted by Crippen LogP contribution is 2.27. The Morgan fingerprint density at radius 3 is 2.42 bits per heavy atom. The Kier molecular flexibility index (Phi) is 8.06. The number of halogens is 3. The van der Waals surface area contributed by atoms with Crippen LogP contribution in [0, 0.1) is 5.92 Å². The molecule has 2 aliphatic heterocycles.